The normalized spacial score (nSPS) is 11.0. The number of hydrogen-bond acceptors (Lipinski definition) is 8. The Kier molecular flexibility index (Phi) is 6.46. The summed E-state index contributed by atoms with van der Waals surface area (Å²) in [5.41, 5.74) is 2.18. The Hall–Kier alpha value is -2.69. The molecular weight excluding hydrogens is 438 g/mol. The van der Waals surface area contributed by atoms with E-state index in [4.69, 9.17) is 0 Å². The number of anilines is 1. The lowest BCUT2D eigenvalue weighted by atomic mass is 10.3. The maximum atomic E-state index is 12.3. The Bertz CT molecular complexity index is 1240. The van der Waals surface area contributed by atoms with Crippen LogP contribution in [0.3, 0.4) is 0 Å². The van der Waals surface area contributed by atoms with Crippen molar-refractivity contribution in [3.63, 3.8) is 0 Å². The second-order valence-corrected chi connectivity index (χ2v) is 9.58. The van der Waals surface area contributed by atoms with Crippen LogP contribution >= 0.6 is 34.9 Å². The van der Waals surface area contributed by atoms with Gasteiger partial charge in [-0.25, -0.2) is 4.98 Å². The Morgan fingerprint density at radius 1 is 1.13 bits per heavy atom. The maximum Gasteiger partial charge on any atom is 0.258 e. The number of carbonyl (C=O) groups excluding carboxylic acids is 1. The number of nitrogens with zero attached hydrogens (tertiary/aromatic N) is 4. The van der Waals surface area contributed by atoms with Crippen molar-refractivity contribution in [3.8, 4) is 0 Å². The molecule has 10 heteroatoms. The molecule has 0 unspecified atom stereocenters. The van der Waals surface area contributed by atoms with Crippen LogP contribution in [0.4, 0.5) is 5.13 Å². The molecule has 0 radical (unpaired) electrons. The fourth-order valence-corrected chi connectivity index (χ4v) is 4.99. The summed E-state index contributed by atoms with van der Waals surface area (Å²) in [7, 11) is 0. The lowest BCUT2D eigenvalue weighted by Crippen LogP contribution is -2.15. The van der Waals surface area contributed by atoms with Gasteiger partial charge in [0.25, 0.3) is 5.56 Å². The zero-order valence-corrected chi connectivity index (χ0v) is 18.4. The van der Waals surface area contributed by atoms with E-state index in [1.54, 1.807) is 6.20 Å². The van der Waals surface area contributed by atoms with E-state index in [1.165, 1.54) is 45.3 Å². The Morgan fingerprint density at radius 2 is 1.97 bits per heavy atom. The molecule has 0 aliphatic heterocycles. The smallest absolute Gasteiger partial charge is 0.258 e. The van der Waals surface area contributed by atoms with Crippen LogP contribution in [-0.4, -0.2) is 31.2 Å². The predicted molar refractivity (Wildman–Crippen MR) is 121 cm³/mol. The average molecular weight is 456 g/mol. The number of carbonyl (C=O) groups is 1. The molecule has 0 spiro atoms. The monoisotopic (exact) mass is 455 g/mol. The van der Waals surface area contributed by atoms with E-state index in [2.05, 4.69) is 20.5 Å². The molecule has 4 rings (SSSR count). The highest BCUT2D eigenvalue weighted by Crippen LogP contribution is 2.28. The average Bonchev–Trinajstić information content (AvgIpc) is 3.19. The highest BCUT2D eigenvalue weighted by atomic mass is 32.2. The van der Waals surface area contributed by atoms with Crippen molar-refractivity contribution < 1.29 is 4.79 Å². The van der Waals surface area contributed by atoms with Gasteiger partial charge in [-0.15, -0.1) is 22.0 Å². The summed E-state index contributed by atoms with van der Waals surface area (Å²) >= 11 is 4.19. The van der Waals surface area contributed by atoms with E-state index in [0.29, 0.717) is 32.3 Å². The second-order valence-electron chi connectivity index (χ2n) is 6.33. The van der Waals surface area contributed by atoms with Gasteiger partial charge in [-0.1, -0.05) is 47.4 Å². The summed E-state index contributed by atoms with van der Waals surface area (Å²) in [5, 5.41) is 11.3. The van der Waals surface area contributed by atoms with Crippen molar-refractivity contribution in [3.05, 3.63) is 76.3 Å². The highest BCUT2D eigenvalue weighted by molar-refractivity contribution is 8.00. The number of amides is 1. The van der Waals surface area contributed by atoms with E-state index < -0.39 is 0 Å². The predicted octanol–water partition coefficient (Wildman–Crippen LogP) is 3.88. The van der Waals surface area contributed by atoms with Crippen molar-refractivity contribution in [2.24, 2.45) is 0 Å². The number of pyridine rings is 1. The van der Waals surface area contributed by atoms with Gasteiger partial charge in [0.1, 0.15) is 5.65 Å². The van der Waals surface area contributed by atoms with Crippen LogP contribution in [0.15, 0.2) is 68.8 Å². The van der Waals surface area contributed by atoms with Gasteiger partial charge in [-0.3, -0.25) is 19.3 Å². The Morgan fingerprint density at radius 3 is 2.80 bits per heavy atom. The number of aromatic nitrogens is 4. The van der Waals surface area contributed by atoms with Gasteiger partial charge in [-0.2, -0.15) is 0 Å². The van der Waals surface area contributed by atoms with Crippen molar-refractivity contribution >= 4 is 51.5 Å². The second kappa shape index (κ2) is 9.41. The number of benzene rings is 1. The summed E-state index contributed by atoms with van der Waals surface area (Å²) in [4.78, 5) is 30.0. The van der Waals surface area contributed by atoms with E-state index in [-0.39, 0.29) is 11.5 Å². The summed E-state index contributed by atoms with van der Waals surface area (Å²) in [6, 6.07) is 15.0. The molecular formula is C20H17N5O2S3. The molecule has 3 heterocycles. The quantitative estimate of drug-likeness (QED) is 0.334. The third kappa shape index (κ3) is 5.26. The van der Waals surface area contributed by atoms with Gasteiger partial charge in [0.15, 0.2) is 4.34 Å². The van der Waals surface area contributed by atoms with E-state index in [9.17, 15) is 9.59 Å². The minimum atomic E-state index is -0.129. The van der Waals surface area contributed by atoms with Crippen LogP contribution in [0.5, 0.6) is 0 Å². The molecule has 0 aliphatic rings. The van der Waals surface area contributed by atoms with Gasteiger partial charge >= 0.3 is 0 Å². The van der Waals surface area contributed by atoms with Gasteiger partial charge < -0.3 is 0 Å². The zero-order chi connectivity index (χ0) is 20.9. The Labute approximate surface area is 185 Å². The van der Waals surface area contributed by atoms with Crippen molar-refractivity contribution in [1.82, 2.24) is 19.6 Å². The third-order valence-corrected chi connectivity index (χ3v) is 6.99. The van der Waals surface area contributed by atoms with Crippen LogP contribution < -0.4 is 10.9 Å². The van der Waals surface area contributed by atoms with Crippen molar-refractivity contribution in [1.29, 1.82) is 0 Å². The molecule has 0 atom stereocenters. The molecule has 30 heavy (non-hydrogen) atoms. The van der Waals surface area contributed by atoms with Gasteiger partial charge in [0.05, 0.1) is 11.4 Å². The molecule has 1 N–H and O–H groups in total. The lowest BCUT2D eigenvalue weighted by Gasteiger charge is -2.04. The SMILES string of the molecule is Cc1ccc2nc(CSc3nnc(NC(=O)CSc4ccccc4)s3)cc(=O)n2c1. The Balaban J connectivity index is 1.33. The van der Waals surface area contributed by atoms with Gasteiger partial charge in [0.2, 0.25) is 11.0 Å². The molecule has 0 fully saturated rings. The van der Waals surface area contributed by atoms with E-state index in [1.807, 2.05) is 49.4 Å². The first-order chi connectivity index (χ1) is 14.6. The molecule has 7 nitrogen and oxygen atoms in total. The van der Waals surface area contributed by atoms with Crippen LogP contribution in [0.1, 0.15) is 11.3 Å². The molecule has 3 aromatic heterocycles. The van der Waals surface area contributed by atoms with Crippen LogP contribution in [-0.2, 0) is 10.5 Å². The maximum absolute atomic E-state index is 12.3. The minimum Gasteiger partial charge on any atom is -0.300 e. The molecule has 0 aliphatic carbocycles. The summed E-state index contributed by atoms with van der Waals surface area (Å²) in [5.74, 6) is 0.666. The van der Waals surface area contributed by atoms with Crippen LogP contribution in [0.25, 0.3) is 5.65 Å². The summed E-state index contributed by atoms with van der Waals surface area (Å²) in [6.45, 7) is 1.93. The fourth-order valence-electron chi connectivity index (χ4n) is 2.61. The van der Waals surface area contributed by atoms with Crippen molar-refractivity contribution in [2.75, 3.05) is 11.1 Å². The van der Waals surface area contributed by atoms with Gasteiger partial charge in [0, 0.05) is 22.9 Å². The number of hydrogen-bond donors (Lipinski definition) is 1. The standard InChI is InChI=1S/C20H17N5O2S3/c1-13-7-8-16-21-14(9-18(27)25(16)10-13)11-29-20-24-23-19(30-20)22-17(26)12-28-15-5-3-2-4-6-15/h2-10H,11-12H2,1H3,(H,22,23,26). The molecule has 0 saturated carbocycles. The molecule has 1 amide bonds. The lowest BCUT2D eigenvalue weighted by molar-refractivity contribution is -0.113. The first-order valence-electron chi connectivity index (χ1n) is 9.00. The number of fused-ring (bicyclic) bond motifs is 1. The summed E-state index contributed by atoms with van der Waals surface area (Å²) < 4.78 is 2.24. The van der Waals surface area contributed by atoms with Crippen LogP contribution in [0.2, 0.25) is 0 Å². The zero-order valence-electron chi connectivity index (χ0n) is 15.9. The first kappa shape index (κ1) is 20.6. The molecule has 4 aromatic rings. The number of nitrogens with one attached hydrogen (secondary N) is 1. The highest BCUT2D eigenvalue weighted by Gasteiger charge is 2.10. The van der Waals surface area contributed by atoms with Gasteiger partial charge in [-0.05, 0) is 30.7 Å². The third-order valence-electron chi connectivity index (χ3n) is 3.97. The number of rotatable bonds is 7. The molecule has 0 bridgehead atoms. The largest absolute Gasteiger partial charge is 0.300 e. The van der Waals surface area contributed by atoms with Crippen LogP contribution in [0, 0.1) is 6.92 Å². The first-order valence-corrected chi connectivity index (χ1v) is 11.8. The van der Waals surface area contributed by atoms with E-state index >= 15 is 0 Å². The summed E-state index contributed by atoms with van der Waals surface area (Å²) in [6.07, 6.45) is 1.78. The fraction of sp³-hybridized carbons (Fsp3) is 0.150. The number of thioether (sulfide) groups is 2. The molecule has 152 valence electrons. The topological polar surface area (TPSA) is 89.2 Å². The number of aryl methyl sites for hydroxylation is 1. The van der Waals surface area contributed by atoms with Crippen molar-refractivity contribution in [2.45, 2.75) is 21.9 Å². The molecule has 0 saturated heterocycles. The molecule has 1 aromatic carbocycles. The van der Waals surface area contributed by atoms with E-state index in [0.717, 1.165) is 10.5 Å². The minimum absolute atomic E-state index is 0.111.